The highest BCUT2D eigenvalue weighted by Gasteiger charge is 2.25. The zero-order valence-corrected chi connectivity index (χ0v) is 11.6. The van der Waals surface area contributed by atoms with Gasteiger partial charge in [-0.3, -0.25) is 4.90 Å². The third-order valence-corrected chi connectivity index (χ3v) is 4.20. The van der Waals surface area contributed by atoms with Gasteiger partial charge in [0, 0.05) is 18.3 Å². The number of hydrogen-bond acceptors (Lipinski definition) is 2. The minimum absolute atomic E-state index is 0.274. The van der Waals surface area contributed by atoms with Crippen molar-refractivity contribution in [1.82, 2.24) is 4.90 Å². The summed E-state index contributed by atoms with van der Waals surface area (Å²) in [4.78, 5) is 2.35. The number of anilines is 1. The molecule has 1 aliphatic heterocycles. The fraction of sp³-hybridized carbons (Fsp3) is 0.294. The van der Waals surface area contributed by atoms with Gasteiger partial charge < -0.3 is 5.73 Å². The summed E-state index contributed by atoms with van der Waals surface area (Å²) in [7, 11) is 2.14. The van der Waals surface area contributed by atoms with Gasteiger partial charge in [-0.05, 0) is 48.7 Å². The molecule has 0 saturated heterocycles. The van der Waals surface area contributed by atoms with Crippen LogP contribution in [0.25, 0.3) is 0 Å². The Kier molecular flexibility index (Phi) is 3.45. The summed E-state index contributed by atoms with van der Waals surface area (Å²) in [6.07, 6.45) is 1.90. The van der Waals surface area contributed by atoms with E-state index in [0.29, 0.717) is 11.7 Å². The lowest BCUT2D eigenvalue weighted by Crippen LogP contribution is -2.33. The first-order valence-corrected chi connectivity index (χ1v) is 6.97. The van der Waals surface area contributed by atoms with E-state index in [1.165, 1.54) is 23.3 Å². The number of fused-ring (bicyclic) bond motifs is 1. The van der Waals surface area contributed by atoms with Gasteiger partial charge in [-0.1, -0.05) is 30.3 Å². The van der Waals surface area contributed by atoms with Crippen LogP contribution in [0.5, 0.6) is 0 Å². The van der Waals surface area contributed by atoms with E-state index in [9.17, 15) is 4.39 Å². The molecule has 0 saturated carbocycles. The normalized spacial score (nSPS) is 18.8. The number of nitrogens with zero attached hydrogens (tertiary/aromatic N) is 1. The summed E-state index contributed by atoms with van der Waals surface area (Å²) >= 11 is 0. The molecule has 2 aromatic rings. The Balaban J connectivity index is 1.93. The molecule has 2 aromatic carbocycles. The van der Waals surface area contributed by atoms with E-state index in [-0.39, 0.29) is 5.82 Å². The number of rotatable bonds is 2. The molecule has 0 radical (unpaired) electrons. The fourth-order valence-electron chi connectivity index (χ4n) is 3.00. The number of halogens is 1. The van der Waals surface area contributed by atoms with Crippen molar-refractivity contribution in [3.63, 3.8) is 0 Å². The molecule has 0 bridgehead atoms. The Morgan fingerprint density at radius 3 is 2.85 bits per heavy atom. The summed E-state index contributed by atoms with van der Waals surface area (Å²) in [5.41, 5.74) is 10.3. The Labute approximate surface area is 119 Å². The molecule has 2 N–H and O–H groups in total. The predicted octanol–water partition coefficient (Wildman–Crippen LogP) is 3.18. The van der Waals surface area contributed by atoms with Crippen molar-refractivity contribution in [2.45, 2.75) is 18.9 Å². The molecule has 0 fully saturated rings. The van der Waals surface area contributed by atoms with E-state index in [4.69, 9.17) is 5.73 Å². The van der Waals surface area contributed by atoms with Gasteiger partial charge in [0.05, 0.1) is 0 Å². The molecular formula is C17H19FN2. The van der Waals surface area contributed by atoms with Crippen molar-refractivity contribution in [1.29, 1.82) is 0 Å². The molecule has 0 amide bonds. The van der Waals surface area contributed by atoms with Crippen LogP contribution in [0.15, 0.2) is 42.5 Å². The van der Waals surface area contributed by atoms with Crippen LogP contribution in [0.3, 0.4) is 0 Å². The van der Waals surface area contributed by atoms with Crippen molar-refractivity contribution >= 4 is 5.69 Å². The number of likely N-dealkylation sites (N-methyl/N-ethyl adjacent to an activating group) is 1. The van der Waals surface area contributed by atoms with E-state index in [1.807, 2.05) is 0 Å². The topological polar surface area (TPSA) is 29.3 Å². The number of hydrogen-bond donors (Lipinski definition) is 1. The molecule has 1 aliphatic rings. The molecule has 0 aliphatic carbocycles. The van der Waals surface area contributed by atoms with Gasteiger partial charge in [-0.25, -0.2) is 4.39 Å². The molecule has 104 valence electrons. The Morgan fingerprint density at radius 1 is 1.25 bits per heavy atom. The van der Waals surface area contributed by atoms with Crippen LogP contribution in [0, 0.1) is 5.82 Å². The van der Waals surface area contributed by atoms with Gasteiger partial charge in [0.25, 0.3) is 0 Å². The van der Waals surface area contributed by atoms with Crippen LogP contribution in [0.2, 0.25) is 0 Å². The van der Waals surface area contributed by atoms with Gasteiger partial charge in [0.1, 0.15) is 5.82 Å². The largest absolute Gasteiger partial charge is 0.398 e. The molecule has 0 aromatic heterocycles. The van der Waals surface area contributed by atoms with Gasteiger partial charge in [-0.15, -0.1) is 0 Å². The van der Waals surface area contributed by atoms with Crippen LogP contribution >= 0.6 is 0 Å². The highest BCUT2D eigenvalue weighted by molar-refractivity contribution is 5.48. The van der Waals surface area contributed by atoms with Gasteiger partial charge in [0.15, 0.2) is 0 Å². The average molecular weight is 270 g/mol. The second-order valence-corrected chi connectivity index (χ2v) is 5.49. The minimum Gasteiger partial charge on any atom is -0.398 e. The maximum atomic E-state index is 13.2. The summed E-state index contributed by atoms with van der Waals surface area (Å²) in [6.45, 7) is 1.04. The summed E-state index contributed by atoms with van der Waals surface area (Å²) in [6, 6.07) is 13.6. The van der Waals surface area contributed by atoms with Gasteiger partial charge in [0.2, 0.25) is 0 Å². The van der Waals surface area contributed by atoms with E-state index >= 15 is 0 Å². The zero-order chi connectivity index (χ0) is 14.1. The Bertz CT molecular complexity index is 624. The predicted molar refractivity (Wildman–Crippen MR) is 80.0 cm³/mol. The van der Waals surface area contributed by atoms with Crippen molar-refractivity contribution in [2.75, 3.05) is 19.3 Å². The monoisotopic (exact) mass is 270 g/mol. The van der Waals surface area contributed by atoms with Crippen molar-refractivity contribution < 1.29 is 4.39 Å². The van der Waals surface area contributed by atoms with E-state index in [0.717, 1.165) is 24.9 Å². The standard InChI is InChI=1S/C17H19FN2/c1-20-9-8-12-4-2-3-5-15(12)17(20)10-13-6-7-14(18)11-16(13)19/h2-7,11,17H,8-10,19H2,1H3/t17-/m0/s1. The molecule has 0 unspecified atom stereocenters. The second kappa shape index (κ2) is 5.25. The van der Waals surface area contributed by atoms with Crippen molar-refractivity contribution in [3.05, 3.63) is 65.0 Å². The maximum Gasteiger partial charge on any atom is 0.125 e. The molecule has 2 nitrogen and oxygen atoms in total. The number of nitrogens with two attached hydrogens (primary N) is 1. The Hall–Kier alpha value is -1.87. The van der Waals surface area contributed by atoms with Gasteiger partial charge >= 0.3 is 0 Å². The van der Waals surface area contributed by atoms with Crippen LogP contribution in [0.4, 0.5) is 10.1 Å². The summed E-state index contributed by atoms with van der Waals surface area (Å²) in [5, 5.41) is 0. The number of benzene rings is 2. The smallest absolute Gasteiger partial charge is 0.125 e. The quantitative estimate of drug-likeness (QED) is 0.849. The van der Waals surface area contributed by atoms with Crippen LogP contribution in [0.1, 0.15) is 22.7 Å². The minimum atomic E-state index is -0.274. The lowest BCUT2D eigenvalue weighted by atomic mass is 9.89. The zero-order valence-electron chi connectivity index (χ0n) is 11.6. The van der Waals surface area contributed by atoms with E-state index < -0.39 is 0 Å². The van der Waals surface area contributed by atoms with Gasteiger partial charge in [-0.2, -0.15) is 0 Å². The first-order valence-electron chi connectivity index (χ1n) is 6.97. The summed E-state index contributed by atoms with van der Waals surface area (Å²) in [5.74, 6) is -0.274. The highest BCUT2D eigenvalue weighted by atomic mass is 19.1. The molecular weight excluding hydrogens is 251 g/mol. The molecule has 3 rings (SSSR count). The Morgan fingerprint density at radius 2 is 2.05 bits per heavy atom. The van der Waals surface area contributed by atoms with Crippen LogP contribution < -0.4 is 5.73 Å². The van der Waals surface area contributed by atoms with Crippen molar-refractivity contribution in [3.8, 4) is 0 Å². The molecule has 1 heterocycles. The highest BCUT2D eigenvalue weighted by Crippen LogP contribution is 2.32. The lowest BCUT2D eigenvalue weighted by Gasteiger charge is -2.35. The third kappa shape index (κ3) is 2.41. The SMILES string of the molecule is CN1CCc2ccccc2[C@@H]1Cc1ccc(F)cc1N. The van der Waals surface area contributed by atoms with E-state index in [2.05, 4.69) is 36.2 Å². The van der Waals surface area contributed by atoms with E-state index in [1.54, 1.807) is 6.07 Å². The third-order valence-electron chi connectivity index (χ3n) is 4.20. The lowest BCUT2D eigenvalue weighted by molar-refractivity contribution is 0.229. The number of nitrogen functional groups attached to an aromatic ring is 1. The maximum absolute atomic E-state index is 13.2. The molecule has 20 heavy (non-hydrogen) atoms. The second-order valence-electron chi connectivity index (χ2n) is 5.49. The van der Waals surface area contributed by atoms with Crippen molar-refractivity contribution in [2.24, 2.45) is 0 Å². The van der Waals surface area contributed by atoms with Crippen LogP contribution in [-0.4, -0.2) is 18.5 Å². The molecule has 3 heteroatoms. The summed E-state index contributed by atoms with van der Waals surface area (Å²) < 4.78 is 13.2. The fourth-order valence-corrected chi connectivity index (χ4v) is 3.00. The molecule has 1 atom stereocenters. The van der Waals surface area contributed by atoms with Crippen LogP contribution in [-0.2, 0) is 12.8 Å². The average Bonchev–Trinajstić information content (AvgIpc) is 2.44. The molecule has 0 spiro atoms. The first kappa shape index (κ1) is 13.1. The first-order chi connectivity index (χ1) is 9.65.